The molecule has 0 saturated carbocycles. The van der Waals surface area contributed by atoms with Gasteiger partial charge in [-0.25, -0.2) is 4.79 Å². The fourth-order valence-corrected chi connectivity index (χ4v) is 1.87. The topological polar surface area (TPSA) is 95.9 Å². The summed E-state index contributed by atoms with van der Waals surface area (Å²) in [5, 5.41) is 20.7. The van der Waals surface area contributed by atoms with Crippen LogP contribution in [-0.2, 0) is 16.1 Å². The zero-order valence-electron chi connectivity index (χ0n) is 12.2. The molecule has 0 aliphatic heterocycles. The molecule has 0 radical (unpaired) electrons. The standard InChI is InChI=1S/C15H21NO5/c1-10(2)6-13(15(19)20)16-8-11-4-3-5-12(7-11)21-9-14(17)18/h3-5,7,10,13,16H,6,8-9H2,1-2H3,(H,17,18)(H,19,20). The maximum atomic E-state index is 11.1. The van der Waals surface area contributed by atoms with E-state index >= 15 is 0 Å². The van der Waals surface area contributed by atoms with Crippen LogP contribution >= 0.6 is 0 Å². The number of carboxylic acids is 2. The molecule has 1 rings (SSSR count). The lowest BCUT2D eigenvalue weighted by Gasteiger charge is -2.16. The second-order valence-corrected chi connectivity index (χ2v) is 5.23. The van der Waals surface area contributed by atoms with E-state index in [9.17, 15) is 9.59 Å². The number of aliphatic carboxylic acids is 2. The number of carbonyl (C=O) groups is 2. The van der Waals surface area contributed by atoms with Crippen molar-refractivity contribution in [3.63, 3.8) is 0 Å². The summed E-state index contributed by atoms with van der Waals surface area (Å²) in [6, 6.07) is 6.33. The molecule has 1 atom stereocenters. The van der Waals surface area contributed by atoms with Crippen LogP contribution < -0.4 is 10.1 Å². The van der Waals surface area contributed by atoms with E-state index in [0.29, 0.717) is 18.7 Å². The minimum absolute atomic E-state index is 0.281. The minimum atomic E-state index is -1.04. The third-order valence-corrected chi connectivity index (χ3v) is 2.82. The summed E-state index contributed by atoms with van der Waals surface area (Å²) >= 11 is 0. The summed E-state index contributed by atoms with van der Waals surface area (Å²) in [6.45, 7) is 3.92. The van der Waals surface area contributed by atoms with Crippen molar-refractivity contribution < 1.29 is 24.5 Å². The van der Waals surface area contributed by atoms with Crippen molar-refractivity contribution in [3.8, 4) is 5.75 Å². The molecule has 0 heterocycles. The normalized spacial score (nSPS) is 12.1. The molecule has 0 spiro atoms. The number of ether oxygens (including phenoxy) is 1. The van der Waals surface area contributed by atoms with Crippen molar-refractivity contribution in [3.05, 3.63) is 29.8 Å². The average molecular weight is 295 g/mol. The van der Waals surface area contributed by atoms with Gasteiger partial charge in [-0.2, -0.15) is 0 Å². The molecule has 21 heavy (non-hydrogen) atoms. The summed E-state index contributed by atoms with van der Waals surface area (Å²) < 4.78 is 5.08. The summed E-state index contributed by atoms with van der Waals surface area (Å²) in [5.41, 5.74) is 0.841. The number of nitrogens with one attached hydrogen (secondary N) is 1. The van der Waals surface area contributed by atoms with Gasteiger partial charge in [0.2, 0.25) is 0 Å². The SMILES string of the molecule is CC(C)CC(NCc1cccc(OCC(=O)O)c1)C(=O)O. The Kier molecular flexibility index (Phi) is 6.68. The largest absolute Gasteiger partial charge is 0.482 e. The Morgan fingerprint density at radius 1 is 1.29 bits per heavy atom. The van der Waals surface area contributed by atoms with Gasteiger partial charge in [-0.05, 0) is 30.0 Å². The highest BCUT2D eigenvalue weighted by atomic mass is 16.5. The maximum absolute atomic E-state index is 11.1. The average Bonchev–Trinajstić information content (AvgIpc) is 2.41. The Balaban J connectivity index is 2.59. The quantitative estimate of drug-likeness (QED) is 0.642. The first-order valence-corrected chi connectivity index (χ1v) is 6.78. The zero-order valence-corrected chi connectivity index (χ0v) is 12.2. The molecule has 6 heteroatoms. The maximum Gasteiger partial charge on any atom is 0.341 e. The molecule has 3 N–H and O–H groups in total. The van der Waals surface area contributed by atoms with Crippen LogP contribution in [-0.4, -0.2) is 34.8 Å². The Morgan fingerprint density at radius 3 is 2.57 bits per heavy atom. The van der Waals surface area contributed by atoms with Crippen LogP contribution in [0.4, 0.5) is 0 Å². The van der Waals surface area contributed by atoms with Gasteiger partial charge in [0.05, 0.1) is 0 Å². The van der Waals surface area contributed by atoms with E-state index in [1.165, 1.54) is 0 Å². The molecule has 116 valence electrons. The van der Waals surface area contributed by atoms with Crippen molar-refractivity contribution in [1.82, 2.24) is 5.32 Å². The van der Waals surface area contributed by atoms with Crippen LogP contribution in [0.1, 0.15) is 25.8 Å². The highest BCUT2D eigenvalue weighted by Gasteiger charge is 2.17. The van der Waals surface area contributed by atoms with Crippen molar-refractivity contribution in [2.24, 2.45) is 5.92 Å². The number of hydrogen-bond acceptors (Lipinski definition) is 4. The van der Waals surface area contributed by atoms with E-state index in [4.69, 9.17) is 14.9 Å². The molecule has 1 aromatic rings. The van der Waals surface area contributed by atoms with Gasteiger partial charge in [-0.1, -0.05) is 26.0 Å². The number of rotatable bonds is 9. The van der Waals surface area contributed by atoms with Gasteiger partial charge in [-0.3, -0.25) is 4.79 Å². The fourth-order valence-electron chi connectivity index (χ4n) is 1.87. The van der Waals surface area contributed by atoms with Crippen LogP contribution in [0.3, 0.4) is 0 Å². The van der Waals surface area contributed by atoms with Crippen LogP contribution in [0.2, 0.25) is 0 Å². The van der Waals surface area contributed by atoms with Crippen LogP contribution in [0.5, 0.6) is 5.75 Å². The van der Waals surface area contributed by atoms with E-state index in [0.717, 1.165) is 5.56 Å². The van der Waals surface area contributed by atoms with E-state index in [-0.39, 0.29) is 5.92 Å². The fraction of sp³-hybridized carbons (Fsp3) is 0.467. The van der Waals surface area contributed by atoms with Crippen molar-refractivity contribution >= 4 is 11.9 Å². The highest BCUT2D eigenvalue weighted by Crippen LogP contribution is 2.14. The van der Waals surface area contributed by atoms with Gasteiger partial charge in [0.15, 0.2) is 6.61 Å². The molecule has 1 aromatic carbocycles. The monoisotopic (exact) mass is 295 g/mol. The van der Waals surface area contributed by atoms with Gasteiger partial charge < -0.3 is 20.3 Å². The molecule has 0 aliphatic rings. The van der Waals surface area contributed by atoms with E-state index in [1.54, 1.807) is 18.2 Å². The number of benzene rings is 1. The second kappa shape index (κ2) is 8.26. The Morgan fingerprint density at radius 2 is 2.00 bits per heavy atom. The van der Waals surface area contributed by atoms with Crippen molar-refractivity contribution in [2.75, 3.05) is 6.61 Å². The molecule has 1 unspecified atom stereocenters. The number of carboxylic acid groups (broad SMARTS) is 2. The van der Waals surface area contributed by atoms with Gasteiger partial charge in [0, 0.05) is 6.54 Å². The minimum Gasteiger partial charge on any atom is -0.482 e. The summed E-state index contributed by atoms with van der Waals surface area (Å²) in [7, 11) is 0. The molecule has 0 fully saturated rings. The Bertz CT molecular complexity index is 487. The lowest BCUT2D eigenvalue weighted by Crippen LogP contribution is -2.37. The first kappa shape index (κ1) is 17.0. The molecule has 0 aliphatic carbocycles. The Labute approximate surface area is 123 Å². The molecule has 6 nitrogen and oxygen atoms in total. The van der Waals surface area contributed by atoms with Crippen LogP contribution in [0.25, 0.3) is 0 Å². The van der Waals surface area contributed by atoms with E-state index in [1.807, 2.05) is 19.9 Å². The molecular weight excluding hydrogens is 274 g/mol. The van der Waals surface area contributed by atoms with Crippen LogP contribution in [0, 0.1) is 5.92 Å². The third kappa shape index (κ3) is 6.76. The summed E-state index contributed by atoms with van der Waals surface area (Å²) in [6.07, 6.45) is 0.546. The third-order valence-electron chi connectivity index (χ3n) is 2.82. The van der Waals surface area contributed by atoms with E-state index in [2.05, 4.69) is 5.32 Å². The van der Waals surface area contributed by atoms with Gasteiger partial charge in [0.1, 0.15) is 11.8 Å². The molecule has 0 saturated heterocycles. The van der Waals surface area contributed by atoms with E-state index < -0.39 is 24.6 Å². The molecular formula is C15H21NO5. The molecule has 0 bridgehead atoms. The first-order chi connectivity index (χ1) is 9.88. The molecule has 0 aromatic heterocycles. The van der Waals surface area contributed by atoms with Crippen LogP contribution in [0.15, 0.2) is 24.3 Å². The summed E-state index contributed by atoms with van der Waals surface area (Å²) in [5.74, 6) is -1.18. The smallest absolute Gasteiger partial charge is 0.341 e. The summed E-state index contributed by atoms with van der Waals surface area (Å²) in [4.78, 5) is 21.6. The molecule has 0 amide bonds. The van der Waals surface area contributed by atoms with Gasteiger partial charge >= 0.3 is 11.9 Å². The van der Waals surface area contributed by atoms with Crippen molar-refractivity contribution in [1.29, 1.82) is 0 Å². The second-order valence-electron chi connectivity index (χ2n) is 5.23. The predicted molar refractivity (Wildman–Crippen MR) is 77.3 cm³/mol. The lowest BCUT2D eigenvalue weighted by molar-refractivity contribution is -0.140. The first-order valence-electron chi connectivity index (χ1n) is 6.78. The van der Waals surface area contributed by atoms with Gasteiger partial charge in [0.25, 0.3) is 0 Å². The lowest BCUT2D eigenvalue weighted by atomic mass is 10.0. The predicted octanol–water partition coefficient (Wildman–Crippen LogP) is 1.74. The zero-order chi connectivity index (χ0) is 15.8. The number of hydrogen-bond donors (Lipinski definition) is 3. The van der Waals surface area contributed by atoms with Gasteiger partial charge in [-0.15, -0.1) is 0 Å². The highest BCUT2D eigenvalue weighted by molar-refractivity contribution is 5.73. The Hall–Kier alpha value is -2.08. The van der Waals surface area contributed by atoms with Crippen molar-refractivity contribution in [2.45, 2.75) is 32.9 Å².